The van der Waals surface area contributed by atoms with Crippen LogP contribution < -0.4 is 15.0 Å². The number of rotatable bonds is 4. The standard InChI is InChI=1S/C17H20N4O3/c1-11-10-15-20(19-11)9-8-16(22)21(15)12(2)17(23)18-13-4-6-14(24-3)7-5-13/h4-7,10,12H,8-9H2,1-3H3,(H,18,23)/t12-/m1/s1. The van der Waals surface area contributed by atoms with Crippen LogP contribution in [-0.2, 0) is 16.1 Å². The van der Waals surface area contributed by atoms with E-state index in [-0.39, 0.29) is 11.8 Å². The van der Waals surface area contributed by atoms with Gasteiger partial charge in [0.2, 0.25) is 11.8 Å². The molecule has 0 unspecified atom stereocenters. The lowest BCUT2D eigenvalue weighted by Crippen LogP contribution is -2.49. The lowest BCUT2D eigenvalue weighted by atomic mass is 10.2. The van der Waals surface area contributed by atoms with Crippen molar-refractivity contribution in [3.8, 4) is 5.75 Å². The first-order valence-electron chi connectivity index (χ1n) is 7.81. The number of aromatic nitrogens is 2. The van der Waals surface area contributed by atoms with E-state index in [9.17, 15) is 9.59 Å². The Bertz CT molecular complexity index is 767. The molecule has 2 amide bonds. The number of amides is 2. The van der Waals surface area contributed by atoms with Gasteiger partial charge in [0.15, 0.2) is 0 Å². The molecule has 1 aromatic carbocycles. The molecule has 1 atom stereocenters. The van der Waals surface area contributed by atoms with Crippen LogP contribution in [0.5, 0.6) is 5.75 Å². The van der Waals surface area contributed by atoms with Crippen molar-refractivity contribution in [3.63, 3.8) is 0 Å². The van der Waals surface area contributed by atoms with Crippen LogP contribution in [0, 0.1) is 6.92 Å². The van der Waals surface area contributed by atoms with Gasteiger partial charge >= 0.3 is 0 Å². The maximum atomic E-state index is 12.6. The topological polar surface area (TPSA) is 76.5 Å². The van der Waals surface area contributed by atoms with Crippen molar-refractivity contribution in [2.75, 3.05) is 17.3 Å². The minimum absolute atomic E-state index is 0.0696. The molecular weight excluding hydrogens is 308 g/mol. The smallest absolute Gasteiger partial charge is 0.247 e. The number of anilines is 2. The van der Waals surface area contributed by atoms with E-state index >= 15 is 0 Å². The third-order valence-electron chi connectivity index (χ3n) is 4.06. The number of aryl methyl sites for hydroxylation is 2. The van der Waals surface area contributed by atoms with Gasteiger partial charge in [0.25, 0.3) is 0 Å². The highest BCUT2D eigenvalue weighted by molar-refractivity contribution is 6.04. The summed E-state index contributed by atoms with van der Waals surface area (Å²) in [6, 6.07) is 8.25. The molecule has 2 heterocycles. The van der Waals surface area contributed by atoms with Gasteiger partial charge in [-0.1, -0.05) is 0 Å². The summed E-state index contributed by atoms with van der Waals surface area (Å²) in [5.74, 6) is 1.06. The van der Waals surface area contributed by atoms with Crippen molar-refractivity contribution in [2.24, 2.45) is 0 Å². The van der Waals surface area contributed by atoms with Crippen LogP contribution in [0.4, 0.5) is 11.5 Å². The zero-order valence-corrected chi connectivity index (χ0v) is 13.9. The lowest BCUT2D eigenvalue weighted by molar-refractivity contribution is -0.124. The summed E-state index contributed by atoms with van der Waals surface area (Å²) in [5.41, 5.74) is 1.48. The average molecular weight is 328 g/mol. The molecule has 24 heavy (non-hydrogen) atoms. The van der Waals surface area contributed by atoms with Gasteiger partial charge < -0.3 is 10.1 Å². The number of nitrogens with zero attached hydrogens (tertiary/aromatic N) is 3. The molecule has 1 N–H and O–H groups in total. The molecule has 1 aliphatic heterocycles. The second-order valence-corrected chi connectivity index (χ2v) is 5.77. The van der Waals surface area contributed by atoms with Crippen molar-refractivity contribution < 1.29 is 14.3 Å². The number of fused-ring (bicyclic) bond motifs is 1. The Labute approximate surface area is 140 Å². The first kappa shape index (κ1) is 16.0. The van der Waals surface area contributed by atoms with Gasteiger partial charge in [-0.15, -0.1) is 0 Å². The van der Waals surface area contributed by atoms with E-state index in [2.05, 4.69) is 10.4 Å². The van der Waals surface area contributed by atoms with Crippen LogP contribution in [0.2, 0.25) is 0 Å². The molecule has 126 valence electrons. The van der Waals surface area contributed by atoms with Crippen molar-refractivity contribution in [3.05, 3.63) is 36.0 Å². The third kappa shape index (κ3) is 2.97. The number of hydrogen-bond acceptors (Lipinski definition) is 4. The molecule has 0 aliphatic carbocycles. The molecule has 3 rings (SSSR count). The maximum absolute atomic E-state index is 12.6. The van der Waals surface area contributed by atoms with Crippen molar-refractivity contribution in [1.29, 1.82) is 0 Å². The SMILES string of the molecule is COc1ccc(NC(=O)[C@@H](C)N2C(=O)CCn3nc(C)cc32)cc1. The Morgan fingerprint density at radius 1 is 1.33 bits per heavy atom. The summed E-state index contributed by atoms with van der Waals surface area (Å²) in [6.07, 6.45) is 0.342. The van der Waals surface area contributed by atoms with Gasteiger partial charge in [-0.05, 0) is 38.1 Å². The summed E-state index contributed by atoms with van der Waals surface area (Å²) in [4.78, 5) is 26.4. The Balaban J connectivity index is 1.78. The van der Waals surface area contributed by atoms with Crippen molar-refractivity contribution in [2.45, 2.75) is 32.9 Å². The quantitative estimate of drug-likeness (QED) is 0.931. The van der Waals surface area contributed by atoms with Crippen LogP contribution in [0.15, 0.2) is 30.3 Å². The maximum Gasteiger partial charge on any atom is 0.247 e. The number of ether oxygens (including phenoxy) is 1. The monoisotopic (exact) mass is 328 g/mol. The summed E-state index contributed by atoms with van der Waals surface area (Å²) in [7, 11) is 1.59. The van der Waals surface area contributed by atoms with E-state index < -0.39 is 6.04 Å². The molecule has 7 nitrogen and oxygen atoms in total. The van der Waals surface area contributed by atoms with Crippen molar-refractivity contribution >= 4 is 23.3 Å². The zero-order chi connectivity index (χ0) is 17.3. The van der Waals surface area contributed by atoms with Gasteiger partial charge in [-0.2, -0.15) is 5.10 Å². The van der Waals surface area contributed by atoms with Gasteiger partial charge in [-0.25, -0.2) is 4.68 Å². The van der Waals surface area contributed by atoms with Crippen LogP contribution in [0.1, 0.15) is 19.0 Å². The number of nitrogens with one attached hydrogen (secondary N) is 1. The van der Waals surface area contributed by atoms with Crippen LogP contribution in [0.3, 0.4) is 0 Å². The number of carbonyl (C=O) groups excluding carboxylic acids is 2. The number of hydrogen-bond donors (Lipinski definition) is 1. The molecule has 0 fully saturated rings. The molecule has 1 aromatic heterocycles. The molecule has 7 heteroatoms. The van der Waals surface area contributed by atoms with Gasteiger partial charge in [0.05, 0.1) is 19.3 Å². The summed E-state index contributed by atoms with van der Waals surface area (Å²) >= 11 is 0. The molecule has 2 aromatic rings. The largest absolute Gasteiger partial charge is 0.497 e. The summed E-state index contributed by atoms with van der Waals surface area (Å²) in [6.45, 7) is 4.14. The predicted octanol–water partition coefficient (Wildman–Crippen LogP) is 1.96. The van der Waals surface area contributed by atoms with E-state index in [1.807, 2.05) is 13.0 Å². The minimum atomic E-state index is -0.630. The summed E-state index contributed by atoms with van der Waals surface area (Å²) in [5, 5.41) is 7.19. The Morgan fingerprint density at radius 2 is 2.04 bits per heavy atom. The van der Waals surface area contributed by atoms with Gasteiger partial charge in [-0.3, -0.25) is 14.5 Å². The zero-order valence-electron chi connectivity index (χ0n) is 13.9. The van der Waals surface area contributed by atoms with Gasteiger partial charge in [0, 0.05) is 18.2 Å². The second kappa shape index (κ2) is 6.35. The van der Waals surface area contributed by atoms with Crippen LogP contribution in [0.25, 0.3) is 0 Å². The normalized spacial score (nSPS) is 15.0. The first-order valence-corrected chi connectivity index (χ1v) is 7.81. The Kier molecular flexibility index (Phi) is 4.24. The first-order chi connectivity index (χ1) is 11.5. The summed E-state index contributed by atoms with van der Waals surface area (Å²) < 4.78 is 6.87. The van der Waals surface area contributed by atoms with Gasteiger partial charge in [0.1, 0.15) is 17.6 Å². The fraction of sp³-hybridized carbons (Fsp3) is 0.353. The highest BCUT2D eigenvalue weighted by Gasteiger charge is 2.33. The van der Waals surface area contributed by atoms with E-state index in [1.54, 1.807) is 43.0 Å². The molecule has 1 aliphatic rings. The number of carbonyl (C=O) groups is 2. The van der Waals surface area contributed by atoms with Crippen molar-refractivity contribution in [1.82, 2.24) is 9.78 Å². The molecule has 0 saturated heterocycles. The van der Waals surface area contributed by atoms with Crippen LogP contribution >= 0.6 is 0 Å². The Hall–Kier alpha value is -2.83. The molecular formula is C17H20N4O3. The average Bonchev–Trinajstić information content (AvgIpc) is 2.95. The van der Waals surface area contributed by atoms with E-state index in [4.69, 9.17) is 4.74 Å². The van der Waals surface area contributed by atoms with Crippen LogP contribution in [-0.4, -0.2) is 34.7 Å². The minimum Gasteiger partial charge on any atom is -0.497 e. The molecule has 0 bridgehead atoms. The third-order valence-corrected chi connectivity index (χ3v) is 4.06. The predicted molar refractivity (Wildman–Crippen MR) is 90.2 cm³/mol. The highest BCUT2D eigenvalue weighted by atomic mass is 16.5. The van der Waals surface area contributed by atoms with E-state index in [0.717, 1.165) is 5.69 Å². The highest BCUT2D eigenvalue weighted by Crippen LogP contribution is 2.25. The lowest BCUT2D eigenvalue weighted by Gasteiger charge is -2.31. The fourth-order valence-corrected chi connectivity index (χ4v) is 2.79. The fourth-order valence-electron chi connectivity index (χ4n) is 2.79. The molecule has 0 saturated carbocycles. The number of benzene rings is 1. The number of methoxy groups -OCH3 is 1. The van der Waals surface area contributed by atoms with E-state index in [1.165, 1.54) is 4.90 Å². The molecule has 0 radical (unpaired) electrons. The van der Waals surface area contributed by atoms with E-state index in [0.29, 0.717) is 30.2 Å². The second-order valence-electron chi connectivity index (χ2n) is 5.77. The Morgan fingerprint density at radius 3 is 2.71 bits per heavy atom. The molecule has 0 spiro atoms.